The summed E-state index contributed by atoms with van der Waals surface area (Å²) in [7, 11) is 3.42. The van der Waals surface area contributed by atoms with Crippen LogP contribution in [0.2, 0.25) is 0 Å². The van der Waals surface area contributed by atoms with Crippen LogP contribution in [-0.2, 0) is 27.3 Å². The van der Waals surface area contributed by atoms with Gasteiger partial charge in [-0.2, -0.15) is 4.98 Å². The Balaban J connectivity index is 0.00000347. The first-order valence-corrected chi connectivity index (χ1v) is 20.6. The van der Waals surface area contributed by atoms with Crippen molar-refractivity contribution < 1.29 is 29.0 Å². The first kappa shape index (κ1) is 45.4. The molecule has 61 heavy (non-hydrogen) atoms. The predicted octanol–water partition coefficient (Wildman–Crippen LogP) is 5.60. The number of carbonyl (C=O) groups excluding carboxylic acids is 4. The number of aryl methyl sites for hydroxylation is 2. The maximum atomic E-state index is 13.6. The summed E-state index contributed by atoms with van der Waals surface area (Å²) in [4.78, 5) is 79.4. The standard InChI is InChI=1S/C43H49N9O7.C2H6/c1-5-22-51-41(57)32-26-45-43(48-39(32)52(51)36-21-15-29-14-20-34(55)38(29)47-36)46-30-16-18-31(19-17-30)49(4)23-7-6-8-25-59-35-13-9-11-28(2)37(35)42(58)50(27-54)33(12-10-24-53)40(56)44-3;1-2/h5,9,11,13,15-19,21,24,26-27,33-34,55H,1,6-8,10,12,14,20,22-23,25H2,2-4H3,(H,44,56)(H,45,46,48);1-2H3. The number of aromatic nitrogens is 5. The van der Waals surface area contributed by atoms with Gasteiger partial charge in [-0.15, -0.1) is 6.58 Å². The fraction of sp³-hybridized carbons (Fsp3) is 0.378. The summed E-state index contributed by atoms with van der Waals surface area (Å²) in [5.74, 6) is -0.112. The lowest BCUT2D eigenvalue weighted by atomic mass is 10.0. The van der Waals surface area contributed by atoms with E-state index in [4.69, 9.17) is 14.7 Å². The number of imide groups is 1. The molecule has 3 N–H and O–H groups in total. The van der Waals surface area contributed by atoms with Crippen molar-refractivity contribution in [1.29, 1.82) is 0 Å². The van der Waals surface area contributed by atoms with E-state index >= 15 is 0 Å². The quantitative estimate of drug-likeness (QED) is 0.0500. The molecule has 2 atom stereocenters. The van der Waals surface area contributed by atoms with Crippen molar-refractivity contribution in [3.63, 3.8) is 0 Å². The summed E-state index contributed by atoms with van der Waals surface area (Å²) in [5.41, 5.74) is 4.27. The molecule has 3 aromatic heterocycles. The van der Waals surface area contributed by atoms with Crippen LogP contribution >= 0.6 is 0 Å². The predicted molar refractivity (Wildman–Crippen MR) is 235 cm³/mol. The van der Waals surface area contributed by atoms with Crippen LogP contribution in [0.15, 0.2) is 78.2 Å². The molecule has 0 aliphatic heterocycles. The molecule has 0 saturated carbocycles. The molecule has 0 fully saturated rings. The van der Waals surface area contributed by atoms with Gasteiger partial charge in [0.1, 0.15) is 23.5 Å². The molecule has 5 aromatic rings. The molecule has 1 aliphatic rings. The van der Waals surface area contributed by atoms with Crippen LogP contribution in [-0.4, -0.2) is 92.1 Å². The summed E-state index contributed by atoms with van der Waals surface area (Å²) in [5, 5.41) is 16.5. The minimum Gasteiger partial charge on any atom is -0.493 e. The van der Waals surface area contributed by atoms with Crippen molar-refractivity contribution in [2.45, 2.75) is 84.4 Å². The number of aldehydes is 1. The molecule has 3 amide bonds. The molecule has 6 rings (SSSR count). The fourth-order valence-electron chi connectivity index (χ4n) is 7.23. The van der Waals surface area contributed by atoms with Crippen molar-refractivity contribution in [3.8, 4) is 11.6 Å². The van der Waals surface area contributed by atoms with Crippen molar-refractivity contribution in [2.24, 2.45) is 0 Å². The average Bonchev–Trinajstić information content (AvgIpc) is 3.78. The lowest BCUT2D eigenvalue weighted by Gasteiger charge is -2.26. The van der Waals surface area contributed by atoms with E-state index in [9.17, 15) is 29.1 Å². The number of rotatable bonds is 20. The number of ether oxygens (including phenoxy) is 1. The number of allylic oxidation sites excluding steroid dienone is 1. The number of hydrogen-bond acceptors (Lipinski definition) is 12. The van der Waals surface area contributed by atoms with Gasteiger partial charge in [-0.1, -0.05) is 38.1 Å². The number of aliphatic hydroxyl groups excluding tert-OH is 1. The Bertz CT molecular complexity index is 2390. The summed E-state index contributed by atoms with van der Waals surface area (Å²) in [6, 6.07) is 15.6. The summed E-state index contributed by atoms with van der Waals surface area (Å²) >= 11 is 0. The number of nitrogens with zero attached hydrogens (tertiary/aromatic N) is 7. The highest BCUT2D eigenvalue weighted by Gasteiger charge is 2.32. The molecule has 16 heteroatoms. The zero-order valence-electron chi connectivity index (χ0n) is 35.5. The Morgan fingerprint density at radius 2 is 1.84 bits per heavy atom. The van der Waals surface area contributed by atoms with Crippen molar-refractivity contribution in [1.82, 2.24) is 34.5 Å². The lowest BCUT2D eigenvalue weighted by molar-refractivity contribution is -0.131. The molecular weight excluding hydrogens is 779 g/mol. The molecule has 2 aromatic carbocycles. The van der Waals surface area contributed by atoms with Gasteiger partial charge < -0.3 is 30.2 Å². The number of anilines is 3. The first-order valence-electron chi connectivity index (χ1n) is 20.6. The van der Waals surface area contributed by atoms with Crippen LogP contribution in [0.1, 0.15) is 85.7 Å². The number of benzene rings is 2. The van der Waals surface area contributed by atoms with Gasteiger partial charge in [0.25, 0.3) is 11.5 Å². The molecule has 0 saturated heterocycles. The van der Waals surface area contributed by atoms with Crippen LogP contribution in [0.3, 0.4) is 0 Å². The molecule has 0 spiro atoms. The van der Waals surface area contributed by atoms with Gasteiger partial charge >= 0.3 is 0 Å². The highest BCUT2D eigenvalue weighted by Crippen LogP contribution is 2.31. The second kappa shape index (κ2) is 21.5. The van der Waals surface area contributed by atoms with Gasteiger partial charge in [0, 0.05) is 44.6 Å². The smallest absolute Gasteiger partial charge is 0.278 e. The van der Waals surface area contributed by atoms with Crippen molar-refractivity contribution >= 4 is 52.9 Å². The number of aliphatic hydroxyl groups is 1. The maximum absolute atomic E-state index is 13.6. The number of amides is 3. The van der Waals surface area contributed by atoms with Gasteiger partial charge in [0.15, 0.2) is 11.5 Å². The average molecular weight is 834 g/mol. The number of carbonyl (C=O) groups is 4. The van der Waals surface area contributed by atoms with Crippen LogP contribution in [0.5, 0.6) is 5.75 Å². The third-order valence-corrected chi connectivity index (χ3v) is 10.4. The number of fused-ring (bicyclic) bond motifs is 2. The van der Waals surface area contributed by atoms with E-state index in [-0.39, 0.29) is 30.5 Å². The van der Waals surface area contributed by atoms with Gasteiger partial charge in [-0.25, -0.2) is 19.3 Å². The van der Waals surface area contributed by atoms with Crippen LogP contribution in [0.25, 0.3) is 16.9 Å². The number of nitrogens with one attached hydrogen (secondary N) is 2. The van der Waals surface area contributed by atoms with Gasteiger partial charge in [-0.3, -0.25) is 24.1 Å². The molecule has 16 nitrogen and oxygen atoms in total. The summed E-state index contributed by atoms with van der Waals surface area (Å²) in [6.07, 6.45) is 7.28. The topological polar surface area (TPSA) is 194 Å². The largest absolute Gasteiger partial charge is 0.493 e. The fourth-order valence-corrected chi connectivity index (χ4v) is 7.23. The highest BCUT2D eigenvalue weighted by molar-refractivity contribution is 6.05. The molecule has 322 valence electrons. The van der Waals surface area contributed by atoms with E-state index in [1.165, 1.54) is 17.9 Å². The SMILES string of the molecule is C=CCn1c(=O)c2cnc(Nc3ccc(N(C)CCCCCOc4cccc(C)c4C(=O)N(C=O)C(CCC=O)C(=O)NC)cc3)nc2n1-c1ccc2c(n1)C(O)CC2.CC. The van der Waals surface area contributed by atoms with E-state index in [0.717, 1.165) is 54.1 Å². The molecule has 2 unspecified atom stereocenters. The normalized spacial score (nSPS) is 13.3. The van der Waals surface area contributed by atoms with Gasteiger partial charge in [-0.05, 0) is 93.0 Å². The Hall–Kier alpha value is -6.68. The second-order valence-electron chi connectivity index (χ2n) is 14.3. The van der Waals surface area contributed by atoms with E-state index in [1.807, 2.05) is 57.3 Å². The molecule has 0 bridgehead atoms. The molecule has 1 aliphatic carbocycles. The minimum atomic E-state index is -1.13. The van der Waals surface area contributed by atoms with Crippen LogP contribution < -0.4 is 25.8 Å². The third kappa shape index (κ3) is 10.4. The van der Waals surface area contributed by atoms with E-state index in [0.29, 0.717) is 65.5 Å². The Labute approximate surface area is 355 Å². The van der Waals surface area contributed by atoms with Crippen molar-refractivity contribution in [3.05, 3.63) is 106 Å². The first-order chi connectivity index (χ1) is 29.6. The lowest BCUT2D eigenvalue weighted by Crippen LogP contribution is -2.48. The van der Waals surface area contributed by atoms with Crippen LogP contribution in [0, 0.1) is 6.92 Å². The minimum absolute atomic E-state index is 0.0111. The number of pyridine rings is 1. The molecule has 3 heterocycles. The Morgan fingerprint density at radius 3 is 2.54 bits per heavy atom. The van der Waals surface area contributed by atoms with Crippen molar-refractivity contribution in [2.75, 3.05) is 37.5 Å². The van der Waals surface area contributed by atoms with Crippen LogP contribution in [0.4, 0.5) is 17.3 Å². The van der Waals surface area contributed by atoms with E-state index in [1.54, 1.807) is 35.9 Å². The van der Waals surface area contributed by atoms with Gasteiger partial charge in [0.2, 0.25) is 18.3 Å². The summed E-state index contributed by atoms with van der Waals surface area (Å²) in [6.45, 7) is 10.9. The third-order valence-electron chi connectivity index (χ3n) is 10.4. The van der Waals surface area contributed by atoms with E-state index in [2.05, 4.69) is 27.1 Å². The summed E-state index contributed by atoms with van der Waals surface area (Å²) < 4.78 is 9.19. The number of likely N-dealkylation sites (N-methyl/N-ethyl adjacent to an activating group) is 1. The zero-order valence-corrected chi connectivity index (χ0v) is 35.5. The molecular formula is C45H55N9O7. The highest BCUT2D eigenvalue weighted by atomic mass is 16.5. The van der Waals surface area contributed by atoms with Gasteiger partial charge in [0.05, 0.1) is 30.5 Å². The zero-order chi connectivity index (χ0) is 44.1. The Morgan fingerprint density at radius 1 is 1.07 bits per heavy atom. The number of unbranched alkanes of at least 4 members (excludes halogenated alkanes) is 2. The second-order valence-corrected chi connectivity index (χ2v) is 14.3. The monoisotopic (exact) mass is 833 g/mol. The maximum Gasteiger partial charge on any atom is 0.278 e. The van der Waals surface area contributed by atoms with E-state index < -0.39 is 24.0 Å². The molecule has 0 radical (unpaired) electrons. The number of hydrogen-bond donors (Lipinski definition) is 3. The Kier molecular flexibility index (Phi) is 16.0.